The molecular formula is C26H17Cl. The molecule has 0 aliphatic heterocycles. The molecule has 27 heavy (non-hydrogen) atoms. The van der Waals surface area contributed by atoms with Crippen LogP contribution in [0.5, 0.6) is 0 Å². The van der Waals surface area contributed by atoms with Crippen LogP contribution in [0.15, 0.2) is 84.9 Å². The number of benzene rings is 4. The van der Waals surface area contributed by atoms with Gasteiger partial charge in [-0.25, -0.2) is 0 Å². The monoisotopic (exact) mass is 364 g/mol. The molecule has 0 fully saturated rings. The van der Waals surface area contributed by atoms with Gasteiger partial charge in [-0.15, -0.1) is 0 Å². The standard InChI is InChI=1S/C26H17Cl/c1-16-10-13-24-21(14-16)19-7-3-5-9-23(19)26(24)22-8-4-2-6-18(22)20-12-11-17(27)15-25(20)26/h2-15H,1H3. The molecule has 4 aromatic rings. The zero-order valence-corrected chi connectivity index (χ0v) is 15.7. The van der Waals surface area contributed by atoms with Gasteiger partial charge in [0.05, 0.1) is 5.41 Å². The van der Waals surface area contributed by atoms with Crippen LogP contribution in [0.4, 0.5) is 0 Å². The average Bonchev–Trinajstić information content (AvgIpc) is 3.14. The molecule has 0 amide bonds. The van der Waals surface area contributed by atoms with Gasteiger partial charge in [0, 0.05) is 5.02 Å². The first-order chi connectivity index (χ1) is 13.2. The third-order valence-corrected chi connectivity index (χ3v) is 6.44. The predicted molar refractivity (Wildman–Crippen MR) is 112 cm³/mol. The van der Waals surface area contributed by atoms with E-state index in [2.05, 4.69) is 85.8 Å². The van der Waals surface area contributed by atoms with Gasteiger partial charge in [-0.1, -0.05) is 90.0 Å². The number of halogens is 1. The fourth-order valence-electron chi connectivity index (χ4n) is 5.23. The lowest BCUT2D eigenvalue weighted by molar-refractivity contribution is 0.793. The highest BCUT2D eigenvalue weighted by Crippen LogP contribution is 2.62. The van der Waals surface area contributed by atoms with E-state index in [0.29, 0.717) is 0 Å². The summed E-state index contributed by atoms with van der Waals surface area (Å²) in [5, 5.41) is 0.791. The van der Waals surface area contributed by atoms with Gasteiger partial charge >= 0.3 is 0 Å². The van der Waals surface area contributed by atoms with Gasteiger partial charge in [-0.05, 0) is 63.6 Å². The topological polar surface area (TPSA) is 0 Å². The van der Waals surface area contributed by atoms with Crippen molar-refractivity contribution in [3.63, 3.8) is 0 Å². The average molecular weight is 365 g/mol. The first kappa shape index (κ1) is 15.2. The van der Waals surface area contributed by atoms with E-state index in [-0.39, 0.29) is 5.41 Å². The minimum Gasteiger partial charge on any atom is -0.0843 e. The van der Waals surface area contributed by atoms with Crippen LogP contribution in [0, 0.1) is 6.92 Å². The van der Waals surface area contributed by atoms with Gasteiger partial charge in [-0.3, -0.25) is 0 Å². The summed E-state index contributed by atoms with van der Waals surface area (Å²) in [5.74, 6) is 0. The molecule has 0 N–H and O–H groups in total. The highest BCUT2D eigenvalue weighted by Gasteiger charge is 2.51. The molecule has 1 spiro atoms. The summed E-state index contributed by atoms with van der Waals surface area (Å²) < 4.78 is 0. The van der Waals surface area contributed by atoms with Crippen LogP contribution in [0.1, 0.15) is 27.8 Å². The fraction of sp³-hybridized carbons (Fsp3) is 0.0769. The first-order valence-corrected chi connectivity index (χ1v) is 9.70. The van der Waals surface area contributed by atoms with E-state index >= 15 is 0 Å². The van der Waals surface area contributed by atoms with Crippen molar-refractivity contribution in [3.05, 3.63) is 118 Å². The molecule has 0 saturated heterocycles. The van der Waals surface area contributed by atoms with Crippen LogP contribution in [-0.2, 0) is 5.41 Å². The number of aryl methyl sites for hydroxylation is 1. The highest BCUT2D eigenvalue weighted by molar-refractivity contribution is 6.30. The normalized spacial score (nSPS) is 18.1. The Hall–Kier alpha value is -2.83. The maximum atomic E-state index is 6.51. The summed E-state index contributed by atoms with van der Waals surface area (Å²) in [4.78, 5) is 0. The van der Waals surface area contributed by atoms with Crippen molar-refractivity contribution in [2.75, 3.05) is 0 Å². The number of fused-ring (bicyclic) bond motifs is 10. The second-order valence-corrected chi connectivity index (χ2v) is 8.02. The number of rotatable bonds is 0. The lowest BCUT2D eigenvalue weighted by Crippen LogP contribution is -2.25. The van der Waals surface area contributed by atoms with Gasteiger partial charge in [0.25, 0.3) is 0 Å². The number of hydrogen-bond acceptors (Lipinski definition) is 0. The molecular weight excluding hydrogens is 348 g/mol. The van der Waals surface area contributed by atoms with Crippen molar-refractivity contribution >= 4 is 11.6 Å². The molecule has 6 rings (SSSR count). The maximum absolute atomic E-state index is 6.51. The van der Waals surface area contributed by atoms with Gasteiger partial charge < -0.3 is 0 Å². The van der Waals surface area contributed by atoms with E-state index in [4.69, 9.17) is 11.6 Å². The fourth-order valence-corrected chi connectivity index (χ4v) is 5.40. The van der Waals surface area contributed by atoms with Crippen LogP contribution < -0.4 is 0 Å². The predicted octanol–water partition coefficient (Wildman–Crippen LogP) is 6.99. The largest absolute Gasteiger partial charge is 0.0843 e. The summed E-state index contributed by atoms with van der Waals surface area (Å²) in [6.45, 7) is 2.17. The van der Waals surface area contributed by atoms with E-state index in [1.165, 1.54) is 50.1 Å². The minimum atomic E-state index is -0.281. The summed E-state index contributed by atoms with van der Waals surface area (Å²) in [7, 11) is 0. The molecule has 2 aliphatic carbocycles. The Kier molecular flexibility index (Phi) is 2.89. The van der Waals surface area contributed by atoms with Crippen molar-refractivity contribution in [1.82, 2.24) is 0 Å². The SMILES string of the molecule is Cc1ccc2c(c1)-c1ccccc1C21c2ccccc2-c2ccc(Cl)cc21. The molecule has 0 aromatic heterocycles. The van der Waals surface area contributed by atoms with Gasteiger partial charge in [0.2, 0.25) is 0 Å². The quantitative estimate of drug-likeness (QED) is 0.272. The molecule has 4 aromatic carbocycles. The molecule has 128 valence electrons. The summed E-state index contributed by atoms with van der Waals surface area (Å²) in [6, 6.07) is 30.9. The molecule has 1 heteroatoms. The molecule has 1 unspecified atom stereocenters. The van der Waals surface area contributed by atoms with Crippen molar-refractivity contribution in [2.24, 2.45) is 0 Å². The van der Waals surface area contributed by atoms with Crippen LogP contribution in [0.2, 0.25) is 5.02 Å². The zero-order valence-electron chi connectivity index (χ0n) is 15.0. The van der Waals surface area contributed by atoms with E-state index in [1.54, 1.807) is 0 Å². The lowest BCUT2D eigenvalue weighted by Gasteiger charge is -2.30. The van der Waals surface area contributed by atoms with Gasteiger partial charge in [0.1, 0.15) is 0 Å². The highest BCUT2D eigenvalue weighted by atomic mass is 35.5. The molecule has 0 heterocycles. The second kappa shape index (κ2) is 5.12. The van der Waals surface area contributed by atoms with E-state index in [9.17, 15) is 0 Å². The van der Waals surface area contributed by atoms with Crippen LogP contribution >= 0.6 is 11.6 Å². The molecule has 0 radical (unpaired) electrons. The van der Waals surface area contributed by atoms with Gasteiger partial charge in [0.15, 0.2) is 0 Å². The third-order valence-electron chi connectivity index (χ3n) is 6.21. The van der Waals surface area contributed by atoms with Gasteiger partial charge in [-0.2, -0.15) is 0 Å². The van der Waals surface area contributed by atoms with Crippen LogP contribution in [0.3, 0.4) is 0 Å². The summed E-state index contributed by atoms with van der Waals surface area (Å²) in [6.07, 6.45) is 0. The smallest absolute Gasteiger partial charge is 0.0726 e. The summed E-state index contributed by atoms with van der Waals surface area (Å²) in [5.41, 5.74) is 11.7. The Morgan fingerprint density at radius 3 is 1.89 bits per heavy atom. The van der Waals surface area contributed by atoms with Crippen molar-refractivity contribution < 1.29 is 0 Å². The van der Waals surface area contributed by atoms with E-state index in [1.807, 2.05) is 6.07 Å². The molecule has 0 bridgehead atoms. The second-order valence-electron chi connectivity index (χ2n) is 7.58. The molecule has 1 atom stereocenters. The Bertz CT molecular complexity index is 1250. The Balaban J connectivity index is 1.87. The molecule has 2 aliphatic rings. The Morgan fingerprint density at radius 2 is 1.15 bits per heavy atom. The van der Waals surface area contributed by atoms with Crippen molar-refractivity contribution in [1.29, 1.82) is 0 Å². The van der Waals surface area contributed by atoms with Crippen molar-refractivity contribution in [3.8, 4) is 22.3 Å². The number of hydrogen-bond donors (Lipinski definition) is 0. The Morgan fingerprint density at radius 1 is 0.556 bits per heavy atom. The van der Waals surface area contributed by atoms with Crippen molar-refractivity contribution in [2.45, 2.75) is 12.3 Å². The molecule has 0 saturated carbocycles. The maximum Gasteiger partial charge on any atom is 0.0726 e. The molecule has 0 nitrogen and oxygen atoms in total. The minimum absolute atomic E-state index is 0.281. The lowest BCUT2D eigenvalue weighted by atomic mass is 9.70. The van der Waals surface area contributed by atoms with Crippen LogP contribution in [-0.4, -0.2) is 0 Å². The summed E-state index contributed by atoms with van der Waals surface area (Å²) >= 11 is 6.51. The third kappa shape index (κ3) is 1.74. The van der Waals surface area contributed by atoms with Crippen LogP contribution in [0.25, 0.3) is 22.3 Å². The van der Waals surface area contributed by atoms with E-state index in [0.717, 1.165) is 5.02 Å². The van der Waals surface area contributed by atoms with E-state index < -0.39 is 0 Å². The first-order valence-electron chi connectivity index (χ1n) is 9.32. The Labute approximate surface area is 164 Å². The zero-order chi connectivity index (χ0) is 18.2.